The molecule has 0 aromatic carbocycles. The predicted octanol–water partition coefficient (Wildman–Crippen LogP) is 4.21. The number of carbonyl (C=O) groups excluding carboxylic acids is 1. The van der Waals surface area contributed by atoms with Gasteiger partial charge in [0.05, 0.1) is 24.2 Å². The van der Waals surface area contributed by atoms with E-state index < -0.39 is 59.6 Å². The maximum Gasteiger partial charge on any atom is 0.337 e. The quantitative estimate of drug-likeness (QED) is 0.167. The Balaban J connectivity index is 1.30. The van der Waals surface area contributed by atoms with E-state index in [1.807, 2.05) is 6.92 Å². The van der Waals surface area contributed by atoms with Crippen LogP contribution in [0.15, 0.2) is 11.6 Å². The van der Waals surface area contributed by atoms with Gasteiger partial charge in [-0.3, -0.25) is 4.79 Å². The van der Waals surface area contributed by atoms with Gasteiger partial charge in [-0.25, -0.2) is 4.79 Å². The zero-order valence-electron chi connectivity index (χ0n) is 29.5. The van der Waals surface area contributed by atoms with Gasteiger partial charge in [0.15, 0.2) is 12.4 Å². The topological polar surface area (TPSA) is 163 Å². The number of aliphatic hydroxyl groups excluding tert-OH is 3. The van der Waals surface area contributed by atoms with Crippen LogP contribution in [-0.2, 0) is 23.8 Å². The number of hydrogen-bond acceptors (Lipinski definition) is 9. The molecule has 0 aromatic heterocycles. The summed E-state index contributed by atoms with van der Waals surface area (Å²) in [6.07, 6.45) is 1.42. The molecular formula is C37H58O10. The van der Waals surface area contributed by atoms with Crippen molar-refractivity contribution in [2.75, 3.05) is 7.11 Å². The first-order valence-electron chi connectivity index (χ1n) is 17.8. The maximum atomic E-state index is 13.0. The summed E-state index contributed by atoms with van der Waals surface area (Å²) in [5.74, 6) is -1.42. The Hall–Kier alpha value is -1.56. The molecule has 1 saturated heterocycles. The van der Waals surface area contributed by atoms with Gasteiger partial charge in [0.1, 0.15) is 18.3 Å². The second-order valence-corrected chi connectivity index (χ2v) is 17.8. The summed E-state index contributed by atoms with van der Waals surface area (Å²) in [6.45, 7) is 15.6. The van der Waals surface area contributed by atoms with Gasteiger partial charge >= 0.3 is 11.9 Å². The average molecular weight is 663 g/mol. The summed E-state index contributed by atoms with van der Waals surface area (Å²) in [7, 11) is 1.17. The third-order valence-corrected chi connectivity index (χ3v) is 15.7. The number of allylic oxidation sites excluding steroid dienone is 1. The third-order valence-electron chi connectivity index (χ3n) is 15.7. The summed E-state index contributed by atoms with van der Waals surface area (Å²) in [5, 5.41) is 54.5. The van der Waals surface area contributed by atoms with Crippen molar-refractivity contribution in [3.63, 3.8) is 0 Å². The minimum absolute atomic E-state index is 0.0111. The SMILES string of the molecule is COC(=O)[C@H]1O[C@@H](O[C@H]2CC[C@]3(C)[C@H]4CC=C5[C@H]6[C@](C(=O)O)(CC[C@@H](C)[C@@]6(C)O)CC[C@@]5(C)[C@]4(C)CC[C@H]3C2(C)C)[C@H](O)[C@@H](O)[C@@H]1O. The van der Waals surface area contributed by atoms with Crippen molar-refractivity contribution in [2.24, 2.45) is 50.7 Å². The molecule has 0 spiro atoms. The Morgan fingerprint density at radius 2 is 1.55 bits per heavy atom. The fourth-order valence-corrected chi connectivity index (χ4v) is 12.5. The maximum absolute atomic E-state index is 13.0. The number of aliphatic carboxylic acids is 1. The first-order chi connectivity index (χ1) is 21.7. The van der Waals surface area contributed by atoms with Crippen molar-refractivity contribution in [1.29, 1.82) is 0 Å². The molecule has 47 heavy (non-hydrogen) atoms. The van der Waals surface area contributed by atoms with Crippen LogP contribution in [0.25, 0.3) is 0 Å². The van der Waals surface area contributed by atoms with Crippen molar-refractivity contribution >= 4 is 11.9 Å². The molecule has 5 N–H and O–H groups in total. The van der Waals surface area contributed by atoms with Crippen LogP contribution < -0.4 is 0 Å². The Labute approximate surface area is 279 Å². The van der Waals surface area contributed by atoms with Crippen molar-refractivity contribution in [3.8, 4) is 0 Å². The van der Waals surface area contributed by atoms with Crippen LogP contribution in [0.4, 0.5) is 0 Å². The van der Waals surface area contributed by atoms with Crippen molar-refractivity contribution < 1.29 is 49.3 Å². The van der Waals surface area contributed by atoms with Crippen molar-refractivity contribution in [1.82, 2.24) is 0 Å². The molecule has 15 atom stereocenters. The number of ether oxygens (including phenoxy) is 3. The van der Waals surface area contributed by atoms with E-state index in [9.17, 15) is 35.1 Å². The molecule has 1 aliphatic heterocycles. The van der Waals surface area contributed by atoms with Gasteiger partial charge in [-0.2, -0.15) is 0 Å². The molecule has 266 valence electrons. The molecule has 0 bridgehead atoms. The normalized spacial score (nSPS) is 53.7. The predicted molar refractivity (Wildman–Crippen MR) is 172 cm³/mol. The van der Waals surface area contributed by atoms with E-state index in [0.717, 1.165) is 32.1 Å². The van der Waals surface area contributed by atoms with E-state index in [1.54, 1.807) is 0 Å². The summed E-state index contributed by atoms with van der Waals surface area (Å²) in [4.78, 5) is 25.3. The molecule has 10 nitrogen and oxygen atoms in total. The summed E-state index contributed by atoms with van der Waals surface area (Å²) < 4.78 is 16.9. The minimum atomic E-state index is -1.64. The van der Waals surface area contributed by atoms with Crippen LogP contribution in [0.1, 0.15) is 106 Å². The number of fused-ring (bicyclic) bond motifs is 7. The average Bonchev–Trinajstić information content (AvgIpc) is 3.00. The van der Waals surface area contributed by atoms with Gasteiger partial charge in [-0.05, 0) is 104 Å². The van der Waals surface area contributed by atoms with Gasteiger partial charge in [0, 0.05) is 5.92 Å². The Morgan fingerprint density at radius 1 is 0.872 bits per heavy atom. The van der Waals surface area contributed by atoms with Gasteiger partial charge in [0.2, 0.25) is 0 Å². The van der Waals surface area contributed by atoms with Gasteiger partial charge in [0.25, 0.3) is 0 Å². The smallest absolute Gasteiger partial charge is 0.337 e. The van der Waals surface area contributed by atoms with Gasteiger partial charge < -0.3 is 39.7 Å². The summed E-state index contributed by atoms with van der Waals surface area (Å²) in [5.41, 5.74) is -1.61. The first kappa shape index (κ1) is 35.3. The number of carboxylic acid groups (broad SMARTS) is 1. The van der Waals surface area contributed by atoms with E-state index in [-0.39, 0.29) is 39.6 Å². The Morgan fingerprint density at radius 3 is 2.19 bits per heavy atom. The fourth-order valence-electron chi connectivity index (χ4n) is 12.5. The highest BCUT2D eigenvalue weighted by Crippen LogP contribution is 2.76. The zero-order valence-corrected chi connectivity index (χ0v) is 29.5. The lowest BCUT2D eigenvalue weighted by Crippen LogP contribution is -2.68. The molecule has 0 radical (unpaired) electrons. The van der Waals surface area contributed by atoms with E-state index >= 15 is 0 Å². The molecule has 0 amide bonds. The lowest BCUT2D eigenvalue weighted by atomic mass is 9.33. The van der Waals surface area contributed by atoms with Gasteiger partial charge in [-0.1, -0.05) is 53.2 Å². The summed E-state index contributed by atoms with van der Waals surface area (Å²) >= 11 is 0. The first-order valence-corrected chi connectivity index (χ1v) is 17.8. The number of aliphatic hydroxyl groups is 4. The molecule has 0 unspecified atom stereocenters. The molecule has 6 rings (SSSR count). The number of esters is 1. The summed E-state index contributed by atoms with van der Waals surface area (Å²) in [6, 6.07) is 0. The molecule has 5 fully saturated rings. The van der Waals surface area contributed by atoms with Crippen LogP contribution in [-0.4, -0.2) is 87.0 Å². The number of rotatable bonds is 4. The highest BCUT2D eigenvalue weighted by atomic mass is 16.7. The second kappa shape index (κ2) is 11.2. The van der Waals surface area contributed by atoms with E-state index in [4.69, 9.17) is 14.2 Å². The van der Waals surface area contributed by atoms with Gasteiger partial charge in [-0.15, -0.1) is 0 Å². The molecule has 4 saturated carbocycles. The van der Waals surface area contributed by atoms with Crippen molar-refractivity contribution in [2.45, 2.75) is 149 Å². The molecule has 10 heteroatoms. The number of carboxylic acids is 1. The number of hydrogen-bond donors (Lipinski definition) is 5. The largest absolute Gasteiger partial charge is 0.481 e. The number of methoxy groups -OCH3 is 1. The molecule has 6 aliphatic rings. The highest BCUT2D eigenvalue weighted by molar-refractivity contribution is 5.77. The molecule has 0 aromatic rings. The third kappa shape index (κ3) is 4.63. The van der Waals surface area contributed by atoms with Crippen LogP contribution in [0, 0.1) is 50.7 Å². The van der Waals surface area contributed by atoms with E-state index in [1.165, 1.54) is 12.7 Å². The van der Waals surface area contributed by atoms with Crippen LogP contribution >= 0.6 is 0 Å². The highest BCUT2D eigenvalue weighted by Gasteiger charge is 2.71. The molecular weight excluding hydrogens is 604 g/mol. The van der Waals surface area contributed by atoms with E-state index in [0.29, 0.717) is 31.6 Å². The lowest BCUT2D eigenvalue weighted by Gasteiger charge is -2.72. The number of carbonyl (C=O) groups is 2. The standard InChI is InChI=1S/C37H58O10/c1-19-11-16-37(31(42)43)18-17-34(5)20(28(37)36(19,7)44)9-10-22-33(4)14-13-23(32(2,3)21(33)12-15-35(22,34)6)46-30-26(40)24(38)25(39)27(47-30)29(41)45-8/h9,19,21-28,30,38-40,44H,10-18H2,1-8H3,(H,42,43)/t19-,21+,22-,23+,24+,25+,26-,27+,28-,30-,33+,34-,35-,36-,37+/m1/s1. The second-order valence-electron chi connectivity index (χ2n) is 17.8. The zero-order chi connectivity index (χ0) is 34.7. The van der Waals surface area contributed by atoms with Crippen LogP contribution in [0.3, 0.4) is 0 Å². The van der Waals surface area contributed by atoms with Crippen LogP contribution in [0.2, 0.25) is 0 Å². The lowest BCUT2D eigenvalue weighted by molar-refractivity contribution is -0.324. The minimum Gasteiger partial charge on any atom is -0.481 e. The molecule has 5 aliphatic carbocycles. The Bertz CT molecular complexity index is 1310. The van der Waals surface area contributed by atoms with Crippen LogP contribution in [0.5, 0.6) is 0 Å². The monoisotopic (exact) mass is 662 g/mol. The van der Waals surface area contributed by atoms with E-state index in [2.05, 4.69) is 47.6 Å². The fraction of sp³-hybridized carbons (Fsp3) is 0.892. The van der Waals surface area contributed by atoms with Crippen molar-refractivity contribution in [3.05, 3.63) is 11.6 Å². The Kier molecular flexibility index (Phi) is 8.42. The molecule has 1 heterocycles.